The van der Waals surface area contributed by atoms with Gasteiger partial charge in [0.05, 0.1) is 21.4 Å². The van der Waals surface area contributed by atoms with Gasteiger partial charge in [-0.2, -0.15) is 0 Å². The number of aromatic nitrogens is 2. The molecule has 0 bridgehead atoms. The molecule has 2 nitrogen and oxygen atoms in total. The highest BCUT2D eigenvalue weighted by Crippen LogP contribution is 2.46. The van der Waals surface area contributed by atoms with Crippen molar-refractivity contribution in [1.29, 1.82) is 0 Å². The Morgan fingerprint density at radius 3 is 2.58 bits per heavy atom. The molecule has 1 aliphatic carbocycles. The van der Waals surface area contributed by atoms with Crippen molar-refractivity contribution in [2.45, 2.75) is 46.0 Å². The zero-order valence-electron chi connectivity index (χ0n) is 11.7. The first kappa shape index (κ1) is 13.3. The molecule has 3 rings (SSSR count). The van der Waals surface area contributed by atoms with E-state index in [1.54, 1.807) is 6.07 Å². The van der Waals surface area contributed by atoms with Crippen LogP contribution in [-0.4, -0.2) is 9.38 Å². The van der Waals surface area contributed by atoms with Gasteiger partial charge in [-0.25, -0.2) is 4.98 Å². The summed E-state index contributed by atoms with van der Waals surface area (Å²) in [7, 11) is 0. The van der Waals surface area contributed by atoms with Gasteiger partial charge in [0.25, 0.3) is 0 Å². The minimum Gasteiger partial charge on any atom is -0.301 e. The van der Waals surface area contributed by atoms with E-state index in [0.29, 0.717) is 10.0 Å². The van der Waals surface area contributed by atoms with Crippen molar-refractivity contribution < 1.29 is 0 Å². The topological polar surface area (TPSA) is 17.3 Å². The predicted octanol–water partition coefficient (Wildman–Crippen LogP) is 4.89. The van der Waals surface area contributed by atoms with Crippen molar-refractivity contribution in [3.63, 3.8) is 0 Å². The van der Waals surface area contributed by atoms with Gasteiger partial charge in [0, 0.05) is 11.6 Å². The van der Waals surface area contributed by atoms with Gasteiger partial charge in [-0.3, -0.25) is 0 Å². The largest absolute Gasteiger partial charge is 0.301 e. The minimum absolute atomic E-state index is 0.0739. The van der Waals surface area contributed by atoms with Crippen LogP contribution in [-0.2, 0) is 11.8 Å². The van der Waals surface area contributed by atoms with Crippen LogP contribution in [0, 0.1) is 5.41 Å². The van der Waals surface area contributed by atoms with Crippen LogP contribution in [0.25, 0.3) is 5.65 Å². The highest BCUT2D eigenvalue weighted by atomic mass is 35.5. The summed E-state index contributed by atoms with van der Waals surface area (Å²) < 4.78 is 2.08. The molecule has 2 aromatic heterocycles. The number of imidazole rings is 1. The van der Waals surface area contributed by atoms with Crippen molar-refractivity contribution in [3.05, 3.63) is 33.7 Å². The first-order valence-electron chi connectivity index (χ1n) is 6.56. The Labute approximate surface area is 123 Å². The van der Waals surface area contributed by atoms with E-state index in [0.717, 1.165) is 24.2 Å². The summed E-state index contributed by atoms with van der Waals surface area (Å²) in [6.07, 6.45) is 4.04. The van der Waals surface area contributed by atoms with E-state index >= 15 is 0 Å². The second kappa shape index (κ2) is 3.89. The fraction of sp³-hybridized carbons (Fsp3) is 0.533. The van der Waals surface area contributed by atoms with Crippen molar-refractivity contribution >= 4 is 28.8 Å². The summed E-state index contributed by atoms with van der Waals surface area (Å²) in [5.74, 6) is 0. The summed E-state index contributed by atoms with van der Waals surface area (Å²) in [4.78, 5) is 4.76. The zero-order valence-corrected chi connectivity index (χ0v) is 13.2. The van der Waals surface area contributed by atoms with Crippen molar-refractivity contribution in [2.75, 3.05) is 0 Å². The molecule has 0 fully saturated rings. The maximum atomic E-state index is 6.28. The van der Waals surface area contributed by atoms with Crippen molar-refractivity contribution in [1.82, 2.24) is 9.38 Å². The molecule has 0 radical (unpaired) electrons. The fourth-order valence-electron chi connectivity index (χ4n) is 3.76. The van der Waals surface area contributed by atoms with E-state index in [1.165, 1.54) is 5.69 Å². The van der Waals surface area contributed by atoms with E-state index in [2.05, 4.69) is 32.1 Å². The number of pyridine rings is 1. The molecule has 0 saturated carbocycles. The quantitative estimate of drug-likeness (QED) is 0.676. The van der Waals surface area contributed by atoms with E-state index in [4.69, 9.17) is 28.2 Å². The second-order valence-corrected chi connectivity index (χ2v) is 7.85. The van der Waals surface area contributed by atoms with Crippen LogP contribution in [0.1, 0.15) is 45.5 Å². The minimum atomic E-state index is 0.0739. The molecule has 0 aromatic carbocycles. The Morgan fingerprint density at radius 2 is 1.89 bits per heavy atom. The molecule has 4 heteroatoms. The lowest BCUT2D eigenvalue weighted by molar-refractivity contribution is 0.224. The van der Waals surface area contributed by atoms with E-state index in [9.17, 15) is 0 Å². The molecular formula is C15H18Cl2N2. The van der Waals surface area contributed by atoms with Crippen LogP contribution in [0.15, 0.2) is 12.3 Å². The Balaban J connectivity index is 2.36. The molecule has 1 aliphatic rings. The van der Waals surface area contributed by atoms with Gasteiger partial charge in [-0.1, -0.05) is 50.9 Å². The molecule has 0 spiro atoms. The highest BCUT2D eigenvalue weighted by molar-refractivity contribution is 6.36. The van der Waals surface area contributed by atoms with Crippen LogP contribution >= 0.6 is 23.2 Å². The standard InChI is InChI=1S/C15H18Cl2N2/c1-14(2)6-11-12(15(3,4)8-14)19-7-9(16)5-10(17)13(19)18-11/h5,7H,6,8H2,1-4H3. The third kappa shape index (κ3) is 2.05. The molecule has 0 unspecified atom stereocenters. The normalized spacial score (nSPS) is 20.5. The first-order chi connectivity index (χ1) is 8.70. The Hall–Kier alpha value is -0.730. The molecule has 102 valence electrons. The van der Waals surface area contributed by atoms with E-state index in [1.807, 2.05) is 6.20 Å². The van der Waals surface area contributed by atoms with Gasteiger partial charge in [0.1, 0.15) is 0 Å². The van der Waals surface area contributed by atoms with Crippen LogP contribution in [0.5, 0.6) is 0 Å². The summed E-state index contributed by atoms with van der Waals surface area (Å²) >= 11 is 12.4. The molecular weight excluding hydrogens is 279 g/mol. The van der Waals surface area contributed by atoms with Crippen LogP contribution in [0.3, 0.4) is 0 Å². The SMILES string of the molecule is CC1(C)Cc2nc3c(Cl)cc(Cl)cn3c2C(C)(C)C1. The number of hydrogen-bond acceptors (Lipinski definition) is 1. The summed E-state index contributed by atoms with van der Waals surface area (Å²) in [5, 5.41) is 1.27. The van der Waals surface area contributed by atoms with Gasteiger partial charge < -0.3 is 4.40 Å². The lowest BCUT2D eigenvalue weighted by atomic mass is 9.66. The third-order valence-electron chi connectivity index (χ3n) is 3.92. The molecule has 0 atom stereocenters. The van der Waals surface area contributed by atoms with Crippen LogP contribution < -0.4 is 0 Å². The van der Waals surface area contributed by atoms with Gasteiger partial charge in [0.2, 0.25) is 0 Å². The molecule has 0 saturated heterocycles. The Morgan fingerprint density at radius 1 is 1.21 bits per heavy atom. The molecule has 0 aliphatic heterocycles. The molecule has 19 heavy (non-hydrogen) atoms. The van der Waals surface area contributed by atoms with Gasteiger partial charge in [0.15, 0.2) is 5.65 Å². The lowest BCUT2D eigenvalue weighted by Gasteiger charge is -2.40. The average molecular weight is 297 g/mol. The zero-order chi connectivity index (χ0) is 14.0. The summed E-state index contributed by atoms with van der Waals surface area (Å²) in [6, 6.07) is 1.76. The van der Waals surface area contributed by atoms with E-state index < -0.39 is 0 Å². The van der Waals surface area contributed by atoms with Gasteiger partial charge in [-0.05, 0) is 24.3 Å². The monoisotopic (exact) mass is 296 g/mol. The van der Waals surface area contributed by atoms with Gasteiger partial charge in [-0.15, -0.1) is 0 Å². The number of rotatable bonds is 0. The molecule has 0 N–H and O–H groups in total. The third-order valence-corrected chi connectivity index (χ3v) is 4.41. The highest BCUT2D eigenvalue weighted by Gasteiger charge is 2.40. The number of halogens is 2. The van der Waals surface area contributed by atoms with Crippen LogP contribution in [0.4, 0.5) is 0 Å². The first-order valence-corrected chi connectivity index (χ1v) is 7.32. The van der Waals surface area contributed by atoms with Crippen molar-refractivity contribution in [3.8, 4) is 0 Å². The number of fused-ring (bicyclic) bond motifs is 3. The summed E-state index contributed by atoms with van der Waals surface area (Å²) in [5.41, 5.74) is 3.58. The lowest BCUT2D eigenvalue weighted by Crippen LogP contribution is -2.35. The van der Waals surface area contributed by atoms with E-state index in [-0.39, 0.29) is 10.8 Å². The molecule has 2 heterocycles. The average Bonchev–Trinajstić information content (AvgIpc) is 2.53. The molecule has 2 aromatic rings. The smallest absolute Gasteiger partial charge is 0.156 e. The maximum absolute atomic E-state index is 6.28. The van der Waals surface area contributed by atoms with Gasteiger partial charge >= 0.3 is 0 Å². The number of hydrogen-bond donors (Lipinski definition) is 0. The fourth-order valence-corrected chi connectivity index (χ4v) is 4.27. The maximum Gasteiger partial charge on any atom is 0.156 e. The Bertz CT molecular complexity index is 668. The Kier molecular flexibility index (Phi) is 2.72. The predicted molar refractivity (Wildman–Crippen MR) is 80.3 cm³/mol. The molecule has 0 amide bonds. The number of nitrogens with zero attached hydrogens (tertiary/aromatic N) is 2. The van der Waals surface area contributed by atoms with Crippen LogP contribution in [0.2, 0.25) is 10.0 Å². The summed E-state index contributed by atoms with van der Waals surface area (Å²) in [6.45, 7) is 9.15. The second-order valence-electron chi connectivity index (χ2n) is 7.01. The van der Waals surface area contributed by atoms with Crippen molar-refractivity contribution in [2.24, 2.45) is 5.41 Å².